The molecule has 2 rings (SSSR count). The van der Waals surface area contributed by atoms with Crippen molar-refractivity contribution in [3.05, 3.63) is 53.6 Å². The number of hydrogen-bond donors (Lipinski definition) is 2. The van der Waals surface area contributed by atoms with Crippen LogP contribution in [0.5, 0.6) is 11.5 Å². The summed E-state index contributed by atoms with van der Waals surface area (Å²) in [6, 6.07) is 13.7. The molecule has 0 fully saturated rings. The van der Waals surface area contributed by atoms with Crippen LogP contribution in [0.3, 0.4) is 0 Å². The highest BCUT2D eigenvalue weighted by molar-refractivity contribution is 5.67. The van der Waals surface area contributed by atoms with Crippen molar-refractivity contribution >= 4 is 11.7 Å². The monoisotopic (exact) mass is 343 g/mol. The summed E-state index contributed by atoms with van der Waals surface area (Å²) in [6.07, 6.45) is 0.754. The first-order valence-electron chi connectivity index (χ1n) is 8.36. The molecule has 0 aliphatic carbocycles. The van der Waals surface area contributed by atoms with Crippen LogP contribution >= 0.6 is 0 Å². The zero-order chi connectivity index (χ0) is 18.2. The van der Waals surface area contributed by atoms with Crippen molar-refractivity contribution in [3.8, 4) is 11.5 Å². The lowest BCUT2D eigenvalue weighted by Crippen LogP contribution is -2.07. The van der Waals surface area contributed by atoms with Crippen molar-refractivity contribution in [2.45, 2.75) is 39.3 Å². The van der Waals surface area contributed by atoms with Crippen LogP contribution in [0.2, 0.25) is 0 Å². The van der Waals surface area contributed by atoms with E-state index in [0.29, 0.717) is 18.7 Å². The second-order valence-electron chi connectivity index (χ2n) is 6.10. The highest BCUT2D eigenvalue weighted by Crippen LogP contribution is 2.29. The largest absolute Gasteiger partial charge is 0.493 e. The second-order valence-corrected chi connectivity index (χ2v) is 6.10. The van der Waals surface area contributed by atoms with Gasteiger partial charge in [-0.3, -0.25) is 4.79 Å². The van der Waals surface area contributed by atoms with Crippen LogP contribution in [0.4, 0.5) is 5.69 Å². The maximum atomic E-state index is 10.7. The van der Waals surface area contributed by atoms with Gasteiger partial charge in [0.15, 0.2) is 11.5 Å². The van der Waals surface area contributed by atoms with E-state index in [9.17, 15) is 4.79 Å². The Morgan fingerprint density at radius 3 is 2.60 bits per heavy atom. The molecular weight excluding hydrogens is 318 g/mol. The normalized spacial score (nSPS) is 10.6. The first kappa shape index (κ1) is 18.6. The third-order valence-corrected chi connectivity index (χ3v) is 3.64. The Kier molecular flexibility index (Phi) is 6.69. The number of carbonyl (C=O) groups is 1. The molecule has 0 heterocycles. The van der Waals surface area contributed by atoms with Gasteiger partial charge >= 0.3 is 5.97 Å². The number of rotatable bonds is 9. The molecule has 5 nitrogen and oxygen atoms in total. The van der Waals surface area contributed by atoms with Crippen molar-refractivity contribution in [2.24, 2.45) is 0 Å². The van der Waals surface area contributed by atoms with Crippen LogP contribution in [0.25, 0.3) is 0 Å². The minimum absolute atomic E-state index is 0.0893. The molecule has 0 radical (unpaired) electrons. The molecule has 0 bridgehead atoms. The predicted octanol–water partition coefficient (Wildman–Crippen LogP) is 4.11. The number of anilines is 1. The summed E-state index contributed by atoms with van der Waals surface area (Å²) < 4.78 is 11.1. The summed E-state index contributed by atoms with van der Waals surface area (Å²) in [5.74, 6) is 0.661. The highest BCUT2D eigenvalue weighted by atomic mass is 16.5. The van der Waals surface area contributed by atoms with Gasteiger partial charge in [-0.2, -0.15) is 0 Å². The van der Waals surface area contributed by atoms with Crippen LogP contribution in [-0.4, -0.2) is 24.3 Å². The third-order valence-electron chi connectivity index (χ3n) is 3.64. The first-order chi connectivity index (χ1) is 12.0. The summed E-state index contributed by atoms with van der Waals surface area (Å²) >= 11 is 0. The molecule has 0 unspecified atom stereocenters. The van der Waals surface area contributed by atoms with Gasteiger partial charge in [-0.1, -0.05) is 18.2 Å². The van der Waals surface area contributed by atoms with Crippen LogP contribution in [0, 0.1) is 0 Å². The van der Waals surface area contributed by atoms with Gasteiger partial charge in [-0.05, 0) is 55.7 Å². The van der Waals surface area contributed by atoms with Gasteiger partial charge in [-0.15, -0.1) is 0 Å². The molecule has 2 N–H and O–H groups in total. The molecular formula is C20H25NO4. The van der Waals surface area contributed by atoms with Crippen molar-refractivity contribution in [1.29, 1.82) is 0 Å². The fraction of sp³-hybridized carbons (Fsp3) is 0.350. The zero-order valence-electron chi connectivity index (χ0n) is 14.9. The number of aliphatic carboxylic acids is 1. The smallest absolute Gasteiger partial charge is 0.303 e. The van der Waals surface area contributed by atoms with Crippen molar-refractivity contribution in [1.82, 2.24) is 0 Å². The molecule has 0 spiro atoms. The van der Waals surface area contributed by atoms with Gasteiger partial charge in [-0.25, -0.2) is 0 Å². The third kappa shape index (κ3) is 6.03. The van der Waals surface area contributed by atoms with Crippen molar-refractivity contribution < 1.29 is 19.4 Å². The van der Waals surface area contributed by atoms with Crippen LogP contribution < -0.4 is 14.8 Å². The van der Waals surface area contributed by atoms with Crippen molar-refractivity contribution in [3.63, 3.8) is 0 Å². The number of hydrogen-bond acceptors (Lipinski definition) is 4. The second kappa shape index (κ2) is 8.97. The van der Waals surface area contributed by atoms with E-state index in [-0.39, 0.29) is 12.5 Å². The maximum absolute atomic E-state index is 10.7. The fourth-order valence-corrected chi connectivity index (χ4v) is 2.47. The zero-order valence-corrected chi connectivity index (χ0v) is 14.9. The molecule has 0 saturated carbocycles. The summed E-state index contributed by atoms with van der Waals surface area (Å²) in [5, 5.41) is 12.1. The number of methoxy groups -OCH3 is 1. The van der Waals surface area contributed by atoms with Gasteiger partial charge in [0, 0.05) is 18.7 Å². The molecule has 0 aliphatic rings. The Morgan fingerprint density at radius 1 is 1.12 bits per heavy atom. The highest BCUT2D eigenvalue weighted by Gasteiger charge is 2.08. The number of ether oxygens (including phenoxy) is 2. The first-order valence-corrected chi connectivity index (χ1v) is 8.36. The average molecular weight is 343 g/mol. The Balaban J connectivity index is 2.01. The number of carboxylic acid groups (broad SMARTS) is 1. The standard InChI is InChI=1S/C20H25NO4/c1-14(2)25-18-9-7-16(12-19(18)24-3)13-21-17-6-4-5-15(11-17)8-10-20(22)23/h4-7,9,11-12,14,21H,8,10,13H2,1-3H3,(H,22,23). The molecule has 2 aromatic carbocycles. The molecule has 2 aromatic rings. The molecule has 0 aliphatic heterocycles. The minimum Gasteiger partial charge on any atom is -0.493 e. The van der Waals surface area contributed by atoms with Gasteiger partial charge in [0.1, 0.15) is 0 Å². The van der Waals surface area contributed by atoms with Gasteiger partial charge in [0.2, 0.25) is 0 Å². The van der Waals surface area contributed by atoms with E-state index in [1.54, 1.807) is 7.11 Å². The number of benzene rings is 2. The maximum Gasteiger partial charge on any atom is 0.303 e. The Labute approximate surface area is 148 Å². The Hall–Kier alpha value is -2.69. The Morgan fingerprint density at radius 2 is 1.92 bits per heavy atom. The molecule has 5 heteroatoms. The van der Waals surface area contributed by atoms with E-state index in [1.807, 2.05) is 56.3 Å². The minimum atomic E-state index is -0.783. The van der Waals surface area contributed by atoms with Crippen LogP contribution in [0.1, 0.15) is 31.4 Å². The topological polar surface area (TPSA) is 67.8 Å². The number of nitrogens with one attached hydrogen (secondary N) is 1. The van der Waals surface area contributed by atoms with Gasteiger partial charge in [0.25, 0.3) is 0 Å². The molecule has 0 aromatic heterocycles. The van der Waals surface area contributed by atoms with Crippen LogP contribution in [0.15, 0.2) is 42.5 Å². The molecule has 134 valence electrons. The van der Waals surface area contributed by atoms with E-state index in [1.165, 1.54) is 0 Å². The summed E-state index contributed by atoms with van der Waals surface area (Å²) in [4.78, 5) is 10.7. The lowest BCUT2D eigenvalue weighted by Gasteiger charge is -2.15. The van der Waals surface area contributed by atoms with Crippen LogP contribution in [-0.2, 0) is 17.8 Å². The quantitative estimate of drug-likeness (QED) is 0.717. The van der Waals surface area contributed by atoms with Gasteiger partial charge in [0.05, 0.1) is 13.2 Å². The fourth-order valence-electron chi connectivity index (χ4n) is 2.47. The molecule has 25 heavy (non-hydrogen) atoms. The van der Waals surface area contributed by atoms with E-state index in [4.69, 9.17) is 14.6 Å². The summed E-state index contributed by atoms with van der Waals surface area (Å²) in [5.41, 5.74) is 3.04. The molecule has 0 amide bonds. The van der Waals surface area contributed by atoms with E-state index < -0.39 is 5.97 Å². The average Bonchev–Trinajstić information content (AvgIpc) is 2.59. The van der Waals surface area contributed by atoms with E-state index in [2.05, 4.69) is 5.32 Å². The number of aryl methyl sites for hydroxylation is 1. The summed E-state index contributed by atoms with van der Waals surface area (Å²) in [6.45, 7) is 4.60. The van der Waals surface area contributed by atoms with Gasteiger partial charge < -0.3 is 19.9 Å². The summed E-state index contributed by atoms with van der Waals surface area (Å²) in [7, 11) is 1.63. The predicted molar refractivity (Wildman–Crippen MR) is 98.5 cm³/mol. The SMILES string of the molecule is COc1cc(CNc2cccc(CCC(=O)O)c2)ccc1OC(C)C. The molecule has 0 saturated heterocycles. The Bertz CT molecular complexity index is 713. The molecule has 0 atom stereocenters. The van der Waals surface area contributed by atoms with Crippen molar-refractivity contribution in [2.75, 3.05) is 12.4 Å². The van der Waals surface area contributed by atoms with E-state index in [0.717, 1.165) is 22.6 Å². The van der Waals surface area contributed by atoms with E-state index >= 15 is 0 Å². The lowest BCUT2D eigenvalue weighted by atomic mass is 10.1. The number of carboxylic acids is 1. The lowest BCUT2D eigenvalue weighted by molar-refractivity contribution is -0.136.